The Bertz CT molecular complexity index is 1370. The summed E-state index contributed by atoms with van der Waals surface area (Å²) >= 11 is 0. The maximum Gasteiger partial charge on any atom is 0.310 e. The molecule has 0 bridgehead atoms. The van der Waals surface area contributed by atoms with Gasteiger partial charge in [-0.15, -0.1) is 0 Å². The van der Waals surface area contributed by atoms with Gasteiger partial charge in [-0.1, -0.05) is 6.08 Å². The van der Waals surface area contributed by atoms with Crippen molar-refractivity contribution in [3.05, 3.63) is 65.0 Å². The van der Waals surface area contributed by atoms with Crippen LogP contribution in [0.25, 0.3) is 5.70 Å². The topological polar surface area (TPSA) is 154 Å². The third kappa shape index (κ3) is 7.82. The second-order valence-electron chi connectivity index (χ2n) is 8.91. The quantitative estimate of drug-likeness (QED) is 0.150. The van der Waals surface area contributed by atoms with Gasteiger partial charge >= 0.3 is 5.91 Å². The molecule has 1 amide bonds. The second kappa shape index (κ2) is 14.1. The standard InChI is InChI=1S/C27H31F2N7O4/c1-4-21(33-16(3)17-12-32-36(14-17)24(38)15-37)27(39)34-22(25(30)26-20(28)10-11-23(29)35-26)13-31-18-6-8-19(9-7-18)40-5-2/h4,10-15,18-19H,5-9,30H2,1-3H3,(H,34,39)/b21-4-,25-22+,31-13?,33-16?. The van der Waals surface area contributed by atoms with Gasteiger partial charge in [-0.2, -0.15) is 9.49 Å². The summed E-state index contributed by atoms with van der Waals surface area (Å²) in [6, 6.07) is 1.67. The van der Waals surface area contributed by atoms with E-state index >= 15 is 0 Å². The number of hydrogen-bond acceptors (Lipinski definition) is 9. The number of halogens is 2. The molecule has 2 aromatic rings. The van der Waals surface area contributed by atoms with Crippen LogP contribution in [0.4, 0.5) is 8.78 Å². The summed E-state index contributed by atoms with van der Waals surface area (Å²) < 4.78 is 34.8. The predicted molar refractivity (Wildman–Crippen MR) is 144 cm³/mol. The molecular weight excluding hydrogens is 524 g/mol. The molecule has 0 aromatic carbocycles. The van der Waals surface area contributed by atoms with E-state index < -0.39 is 29.3 Å². The highest BCUT2D eigenvalue weighted by atomic mass is 19.1. The zero-order valence-corrected chi connectivity index (χ0v) is 22.4. The molecule has 11 nitrogen and oxygen atoms in total. The first-order chi connectivity index (χ1) is 19.2. The Morgan fingerprint density at radius 3 is 2.62 bits per heavy atom. The van der Waals surface area contributed by atoms with Crippen molar-refractivity contribution in [3.63, 3.8) is 0 Å². The summed E-state index contributed by atoms with van der Waals surface area (Å²) in [4.78, 5) is 47.8. The van der Waals surface area contributed by atoms with Gasteiger partial charge in [0.25, 0.3) is 5.91 Å². The predicted octanol–water partition coefficient (Wildman–Crippen LogP) is 2.97. The summed E-state index contributed by atoms with van der Waals surface area (Å²) in [5.74, 6) is -3.39. The number of aromatic nitrogens is 3. The van der Waals surface area contributed by atoms with Crippen LogP contribution in [0.5, 0.6) is 0 Å². The summed E-state index contributed by atoms with van der Waals surface area (Å²) in [6.07, 6.45) is 8.81. The van der Waals surface area contributed by atoms with Crippen LogP contribution in [0.15, 0.2) is 52.0 Å². The van der Waals surface area contributed by atoms with E-state index in [0.29, 0.717) is 17.9 Å². The zero-order chi connectivity index (χ0) is 29.2. The lowest BCUT2D eigenvalue weighted by atomic mass is 9.93. The average Bonchev–Trinajstić information content (AvgIpc) is 3.46. The minimum Gasteiger partial charge on any atom is -0.395 e. The number of allylic oxidation sites excluding steroid dienone is 2. The lowest BCUT2D eigenvalue weighted by Gasteiger charge is -2.26. The van der Waals surface area contributed by atoms with Gasteiger partial charge < -0.3 is 15.8 Å². The van der Waals surface area contributed by atoms with Crippen molar-refractivity contribution in [3.8, 4) is 0 Å². The maximum absolute atomic E-state index is 14.5. The lowest BCUT2D eigenvalue weighted by Crippen LogP contribution is -2.29. The number of ether oxygens (including phenoxy) is 1. The number of hydrogen-bond donors (Lipinski definition) is 2. The van der Waals surface area contributed by atoms with Crippen molar-refractivity contribution in [1.82, 2.24) is 20.1 Å². The van der Waals surface area contributed by atoms with E-state index in [1.165, 1.54) is 24.7 Å². The molecule has 0 aliphatic heterocycles. The van der Waals surface area contributed by atoms with Crippen molar-refractivity contribution in [2.24, 2.45) is 15.7 Å². The van der Waals surface area contributed by atoms with E-state index in [9.17, 15) is 23.2 Å². The van der Waals surface area contributed by atoms with Crippen LogP contribution in [-0.4, -0.2) is 63.5 Å². The third-order valence-electron chi connectivity index (χ3n) is 6.19. The molecule has 40 heavy (non-hydrogen) atoms. The fourth-order valence-corrected chi connectivity index (χ4v) is 4.04. The van der Waals surface area contributed by atoms with E-state index in [0.717, 1.165) is 42.5 Å². The Labute approximate surface area is 229 Å². The number of nitrogens with zero attached hydrogens (tertiary/aromatic N) is 5. The van der Waals surface area contributed by atoms with Crippen molar-refractivity contribution in [2.75, 3.05) is 6.61 Å². The molecule has 1 saturated carbocycles. The van der Waals surface area contributed by atoms with E-state index in [2.05, 4.69) is 25.4 Å². The summed E-state index contributed by atoms with van der Waals surface area (Å²) in [6.45, 7) is 5.74. The first kappa shape index (κ1) is 30.2. The number of nitrogens with two attached hydrogens (primary N) is 1. The minimum atomic E-state index is -0.945. The lowest BCUT2D eigenvalue weighted by molar-refractivity contribution is -0.116. The number of amides is 1. The molecule has 1 fully saturated rings. The Kier molecular flexibility index (Phi) is 10.6. The molecule has 0 spiro atoms. The first-order valence-corrected chi connectivity index (χ1v) is 12.7. The Balaban J connectivity index is 1.88. The smallest absolute Gasteiger partial charge is 0.310 e. The van der Waals surface area contributed by atoms with Gasteiger partial charge in [0, 0.05) is 30.3 Å². The maximum atomic E-state index is 14.5. The van der Waals surface area contributed by atoms with Crippen LogP contribution in [-0.2, 0) is 14.3 Å². The SMILES string of the molecule is C/C=C(\N=C(C)c1cnn(C(=O)C=O)c1)C(=O)N/C(C=NC1CCC(OCC)CC1)=C(/N)c1nc(F)ccc1F. The molecular formula is C27H31F2N7O4. The summed E-state index contributed by atoms with van der Waals surface area (Å²) in [5.41, 5.74) is 5.97. The molecule has 0 radical (unpaired) electrons. The van der Waals surface area contributed by atoms with Crippen molar-refractivity contribution in [2.45, 2.75) is 58.6 Å². The number of rotatable bonds is 10. The number of aliphatic imine (C=N–C) groups is 2. The largest absolute Gasteiger partial charge is 0.395 e. The van der Waals surface area contributed by atoms with Crippen LogP contribution < -0.4 is 11.1 Å². The monoisotopic (exact) mass is 555 g/mol. The van der Waals surface area contributed by atoms with Gasteiger partial charge in [-0.05, 0) is 58.6 Å². The van der Waals surface area contributed by atoms with Crippen LogP contribution in [0, 0.1) is 11.8 Å². The fourth-order valence-electron chi connectivity index (χ4n) is 4.04. The molecule has 13 heteroatoms. The minimum absolute atomic E-state index is 0.0458. The Hall–Kier alpha value is -4.39. The first-order valence-electron chi connectivity index (χ1n) is 12.7. The highest BCUT2D eigenvalue weighted by Crippen LogP contribution is 2.24. The van der Waals surface area contributed by atoms with Crippen LogP contribution >= 0.6 is 0 Å². The second-order valence-corrected chi connectivity index (χ2v) is 8.91. The Morgan fingerprint density at radius 2 is 1.98 bits per heavy atom. The highest BCUT2D eigenvalue weighted by Gasteiger charge is 2.22. The van der Waals surface area contributed by atoms with Crippen molar-refractivity contribution in [1.29, 1.82) is 0 Å². The van der Waals surface area contributed by atoms with Crippen LogP contribution in [0.1, 0.15) is 62.5 Å². The summed E-state index contributed by atoms with van der Waals surface area (Å²) in [5, 5.41) is 6.39. The Morgan fingerprint density at radius 1 is 1.25 bits per heavy atom. The van der Waals surface area contributed by atoms with Gasteiger partial charge in [0.1, 0.15) is 11.4 Å². The average molecular weight is 556 g/mol. The molecule has 3 N–H and O–H groups in total. The number of pyridine rings is 1. The van der Waals surface area contributed by atoms with Crippen molar-refractivity contribution >= 4 is 35.7 Å². The van der Waals surface area contributed by atoms with E-state index in [1.54, 1.807) is 13.8 Å². The van der Waals surface area contributed by atoms with E-state index in [4.69, 9.17) is 10.5 Å². The van der Waals surface area contributed by atoms with Gasteiger partial charge in [0.2, 0.25) is 12.2 Å². The highest BCUT2D eigenvalue weighted by molar-refractivity contribution is 6.24. The molecule has 2 aromatic heterocycles. The number of aldehydes is 1. The van der Waals surface area contributed by atoms with E-state index in [1.807, 2.05) is 6.92 Å². The molecule has 3 rings (SSSR count). The van der Waals surface area contributed by atoms with Crippen LogP contribution in [0.2, 0.25) is 0 Å². The fraction of sp³-hybridized carbons (Fsp3) is 0.370. The molecule has 1 aliphatic rings. The van der Waals surface area contributed by atoms with Crippen molar-refractivity contribution < 1.29 is 27.9 Å². The number of nitrogens with one attached hydrogen (secondary N) is 1. The molecule has 0 atom stereocenters. The van der Waals surface area contributed by atoms with Gasteiger partial charge in [-0.25, -0.2) is 19.0 Å². The van der Waals surface area contributed by atoms with Gasteiger partial charge in [0.15, 0.2) is 5.82 Å². The third-order valence-corrected chi connectivity index (χ3v) is 6.19. The normalized spacial score (nSPS) is 18.9. The van der Waals surface area contributed by atoms with E-state index in [-0.39, 0.29) is 35.5 Å². The number of carbonyl (C=O) groups excluding carboxylic acids is 3. The molecule has 2 heterocycles. The summed E-state index contributed by atoms with van der Waals surface area (Å²) in [7, 11) is 0. The van der Waals surface area contributed by atoms with Gasteiger partial charge in [-0.3, -0.25) is 19.4 Å². The van der Waals surface area contributed by atoms with Crippen LogP contribution in [0.3, 0.4) is 0 Å². The molecule has 1 aliphatic carbocycles. The van der Waals surface area contributed by atoms with Gasteiger partial charge in [0.05, 0.1) is 29.7 Å². The zero-order valence-electron chi connectivity index (χ0n) is 22.4. The number of carbonyl (C=O) groups is 3. The molecule has 212 valence electrons. The molecule has 0 saturated heterocycles. The molecule has 0 unspecified atom stereocenters.